The largest absolute Gasteiger partial charge is 0.387 e. The number of hydrogen-bond acceptors (Lipinski definition) is 3. The maximum absolute atomic E-state index is 10.2. The third-order valence-electron chi connectivity index (χ3n) is 3.47. The van der Waals surface area contributed by atoms with Gasteiger partial charge >= 0.3 is 0 Å². The Hall–Kier alpha value is -0.900. The average molecular weight is 249 g/mol. The van der Waals surface area contributed by atoms with Gasteiger partial charge in [0.1, 0.15) is 0 Å². The summed E-state index contributed by atoms with van der Waals surface area (Å²) in [4.78, 5) is 2.31. The maximum Gasteiger partial charge on any atom is 0.0916 e. The molecule has 0 spiro atoms. The fraction of sp³-hybridized carbons (Fsp3) is 0.600. The number of rotatable bonds is 4. The van der Waals surface area contributed by atoms with Crippen LogP contribution < -0.4 is 0 Å². The molecule has 3 atom stereocenters. The van der Waals surface area contributed by atoms with Crippen LogP contribution in [0.2, 0.25) is 0 Å². The first-order valence-electron chi connectivity index (χ1n) is 6.80. The van der Waals surface area contributed by atoms with Crippen molar-refractivity contribution in [3.8, 4) is 0 Å². The molecule has 0 aromatic heterocycles. The third kappa shape index (κ3) is 3.55. The molecule has 0 radical (unpaired) electrons. The van der Waals surface area contributed by atoms with Gasteiger partial charge in [0.25, 0.3) is 0 Å². The number of aliphatic hydroxyl groups is 1. The summed E-state index contributed by atoms with van der Waals surface area (Å²) in [6.07, 6.45) is 1.18. The van der Waals surface area contributed by atoms with E-state index in [4.69, 9.17) is 4.74 Å². The lowest BCUT2D eigenvalue weighted by Gasteiger charge is -2.37. The quantitative estimate of drug-likeness (QED) is 0.888. The van der Waals surface area contributed by atoms with Crippen molar-refractivity contribution in [2.24, 2.45) is 0 Å². The number of aliphatic hydroxyl groups excluding tert-OH is 1. The first-order chi connectivity index (χ1) is 8.69. The highest BCUT2D eigenvalue weighted by atomic mass is 16.5. The van der Waals surface area contributed by atoms with Crippen LogP contribution in [0.5, 0.6) is 0 Å². The summed E-state index contributed by atoms with van der Waals surface area (Å²) in [7, 11) is 0. The van der Waals surface area contributed by atoms with E-state index in [1.807, 2.05) is 30.3 Å². The van der Waals surface area contributed by atoms with Gasteiger partial charge in [0.05, 0.1) is 18.3 Å². The van der Waals surface area contributed by atoms with Crippen LogP contribution in [-0.4, -0.2) is 41.8 Å². The first-order valence-corrected chi connectivity index (χ1v) is 6.80. The molecule has 18 heavy (non-hydrogen) atoms. The average Bonchev–Trinajstić information content (AvgIpc) is 2.39. The molecule has 3 unspecified atom stereocenters. The molecule has 1 aromatic rings. The predicted octanol–water partition coefficient (Wildman–Crippen LogP) is 2.22. The Bertz CT molecular complexity index is 355. The van der Waals surface area contributed by atoms with Crippen LogP contribution in [0.3, 0.4) is 0 Å². The minimum Gasteiger partial charge on any atom is -0.387 e. The van der Waals surface area contributed by atoms with Crippen LogP contribution >= 0.6 is 0 Å². The monoisotopic (exact) mass is 249 g/mol. The van der Waals surface area contributed by atoms with Gasteiger partial charge < -0.3 is 9.84 Å². The van der Waals surface area contributed by atoms with Crippen molar-refractivity contribution >= 4 is 0 Å². The summed E-state index contributed by atoms with van der Waals surface area (Å²) in [5, 5.41) is 10.2. The summed E-state index contributed by atoms with van der Waals surface area (Å²) >= 11 is 0. The molecule has 1 N–H and O–H groups in total. The molecule has 1 fully saturated rings. The lowest BCUT2D eigenvalue weighted by molar-refractivity contribution is -0.0856. The second-order valence-electron chi connectivity index (χ2n) is 5.12. The Morgan fingerprint density at radius 2 is 2.06 bits per heavy atom. The number of β-amino-alcohol motifs (C(OH)–C–C–N with tert-alkyl or cyclic N) is 1. The summed E-state index contributed by atoms with van der Waals surface area (Å²) in [5.74, 6) is 0. The lowest BCUT2D eigenvalue weighted by Crippen LogP contribution is -2.47. The minimum atomic E-state index is -0.408. The molecule has 0 amide bonds. The van der Waals surface area contributed by atoms with Crippen molar-refractivity contribution in [2.75, 3.05) is 19.6 Å². The number of hydrogen-bond donors (Lipinski definition) is 1. The third-order valence-corrected chi connectivity index (χ3v) is 3.47. The van der Waals surface area contributed by atoms with Gasteiger partial charge in [0.2, 0.25) is 0 Å². The second-order valence-corrected chi connectivity index (χ2v) is 5.12. The summed E-state index contributed by atoms with van der Waals surface area (Å²) in [5.41, 5.74) is 0.990. The van der Waals surface area contributed by atoms with Gasteiger partial charge in [-0.2, -0.15) is 0 Å². The van der Waals surface area contributed by atoms with Gasteiger partial charge in [-0.3, -0.25) is 4.90 Å². The molecule has 1 aromatic carbocycles. The van der Waals surface area contributed by atoms with E-state index >= 15 is 0 Å². The van der Waals surface area contributed by atoms with Crippen molar-refractivity contribution in [1.82, 2.24) is 4.90 Å². The van der Waals surface area contributed by atoms with E-state index < -0.39 is 6.10 Å². The van der Waals surface area contributed by atoms with E-state index in [9.17, 15) is 5.11 Å². The molecule has 3 nitrogen and oxygen atoms in total. The molecule has 0 aliphatic carbocycles. The molecule has 2 rings (SSSR count). The highest BCUT2D eigenvalue weighted by Crippen LogP contribution is 2.18. The van der Waals surface area contributed by atoms with Crippen LogP contribution in [0.1, 0.15) is 31.9 Å². The standard InChI is InChI=1S/C15H23NO2/c1-3-14-10-16(9-12(2)18-14)11-15(17)13-7-5-4-6-8-13/h4-8,12,14-15,17H,3,9-11H2,1-2H3. The lowest BCUT2D eigenvalue weighted by atomic mass is 10.1. The van der Waals surface area contributed by atoms with Gasteiger partial charge in [0, 0.05) is 19.6 Å². The van der Waals surface area contributed by atoms with Gasteiger partial charge in [-0.05, 0) is 18.9 Å². The molecular formula is C15H23NO2. The van der Waals surface area contributed by atoms with Crippen molar-refractivity contribution in [3.63, 3.8) is 0 Å². The van der Waals surface area contributed by atoms with Gasteiger partial charge in [-0.1, -0.05) is 37.3 Å². The van der Waals surface area contributed by atoms with Gasteiger partial charge in [-0.15, -0.1) is 0 Å². The minimum absolute atomic E-state index is 0.256. The summed E-state index contributed by atoms with van der Waals surface area (Å²) < 4.78 is 5.83. The van der Waals surface area contributed by atoms with E-state index in [0.29, 0.717) is 12.6 Å². The molecular weight excluding hydrogens is 226 g/mol. The number of benzene rings is 1. The van der Waals surface area contributed by atoms with E-state index in [0.717, 1.165) is 25.1 Å². The highest BCUT2D eigenvalue weighted by Gasteiger charge is 2.25. The van der Waals surface area contributed by atoms with Gasteiger partial charge in [0.15, 0.2) is 0 Å². The highest BCUT2D eigenvalue weighted by molar-refractivity contribution is 5.17. The van der Waals surface area contributed by atoms with Crippen LogP contribution in [0.15, 0.2) is 30.3 Å². The SMILES string of the molecule is CCC1CN(CC(O)c2ccccc2)CC(C)O1. The van der Waals surface area contributed by atoms with Crippen molar-refractivity contribution < 1.29 is 9.84 Å². The molecule has 1 aliphatic heterocycles. The fourth-order valence-electron chi connectivity index (χ4n) is 2.54. The van der Waals surface area contributed by atoms with Crippen LogP contribution in [0, 0.1) is 0 Å². The zero-order valence-electron chi connectivity index (χ0n) is 11.2. The maximum atomic E-state index is 10.2. The Kier molecular flexibility index (Phi) is 4.75. The normalized spacial score (nSPS) is 27.1. The Morgan fingerprint density at radius 1 is 1.33 bits per heavy atom. The predicted molar refractivity (Wildman–Crippen MR) is 72.5 cm³/mol. The zero-order valence-corrected chi connectivity index (χ0v) is 11.2. The van der Waals surface area contributed by atoms with Gasteiger partial charge in [-0.25, -0.2) is 0 Å². The Morgan fingerprint density at radius 3 is 2.72 bits per heavy atom. The number of nitrogens with zero attached hydrogens (tertiary/aromatic N) is 1. The Labute approximate surface area is 109 Å². The fourth-order valence-corrected chi connectivity index (χ4v) is 2.54. The second kappa shape index (κ2) is 6.32. The smallest absolute Gasteiger partial charge is 0.0916 e. The van der Waals surface area contributed by atoms with Crippen molar-refractivity contribution in [1.29, 1.82) is 0 Å². The molecule has 0 bridgehead atoms. The summed E-state index contributed by atoms with van der Waals surface area (Å²) in [6, 6.07) is 9.86. The number of ether oxygens (including phenoxy) is 1. The topological polar surface area (TPSA) is 32.7 Å². The van der Waals surface area contributed by atoms with Crippen LogP contribution in [0.25, 0.3) is 0 Å². The molecule has 1 saturated heterocycles. The Balaban J connectivity index is 1.92. The zero-order chi connectivity index (χ0) is 13.0. The van der Waals surface area contributed by atoms with E-state index in [1.165, 1.54) is 0 Å². The molecule has 0 saturated carbocycles. The first kappa shape index (κ1) is 13.5. The van der Waals surface area contributed by atoms with Crippen LogP contribution in [0.4, 0.5) is 0 Å². The summed E-state index contributed by atoms with van der Waals surface area (Å²) in [6.45, 7) is 6.76. The van der Waals surface area contributed by atoms with E-state index in [2.05, 4.69) is 18.7 Å². The van der Waals surface area contributed by atoms with E-state index in [1.54, 1.807) is 0 Å². The molecule has 100 valence electrons. The van der Waals surface area contributed by atoms with Crippen LogP contribution in [-0.2, 0) is 4.74 Å². The van der Waals surface area contributed by atoms with Crippen molar-refractivity contribution in [3.05, 3.63) is 35.9 Å². The molecule has 1 heterocycles. The van der Waals surface area contributed by atoms with Crippen molar-refractivity contribution in [2.45, 2.75) is 38.6 Å². The molecule has 3 heteroatoms. The molecule has 1 aliphatic rings. The number of morpholine rings is 1. The van der Waals surface area contributed by atoms with E-state index in [-0.39, 0.29) is 6.10 Å².